The molecule has 0 saturated heterocycles. The minimum absolute atomic E-state index is 0.283. The Hall–Kier alpha value is -2.74. The van der Waals surface area contributed by atoms with E-state index in [4.69, 9.17) is 11.2 Å². The maximum atomic E-state index is 12.0. The van der Waals surface area contributed by atoms with Crippen molar-refractivity contribution in [2.75, 3.05) is 12.4 Å². The van der Waals surface area contributed by atoms with Crippen molar-refractivity contribution < 1.29 is 9.53 Å². The second-order valence-corrected chi connectivity index (χ2v) is 3.87. The predicted molar refractivity (Wildman–Crippen MR) is 72.1 cm³/mol. The minimum atomic E-state index is -0.312. The first kappa shape index (κ1) is 12.7. The van der Waals surface area contributed by atoms with Gasteiger partial charge in [0.1, 0.15) is 0 Å². The fraction of sp³-hybridized carbons (Fsp3) is 0.143. The molecule has 1 aromatic carbocycles. The highest BCUT2D eigenvalue weighted by Gasteiger charge is 2.13. The molecule has 0 aliphatic rings. The molecule has 1 aromatic heterocycles. The minimum Gasteiger partial charge on any atom is -0.481 e. The summed E-state index contributed by atoms with van der Waals surface area (Å²) in [5, 5.41) is 6.79. The van der Waals surface area contributed by atoms with Crippen LogP contribution in [0.25, 0.3) is 0 Å². The van der Waals surface area contributed by atoms with Gasteiger partial charge in [-0.3, -0.25) is 4.79 Å². The number of carbonyl (C=O) groups is 1. The zero-order chi connectivity index (χ0) is 13.8. The Morgan fingerprint density at radius 2 is 2.26 bits per heavy atom. The number of hydrogen-bond donors (Lipinski definition) is 1. The van der Waals surface area contributed by atoms with Crippen LogP contribution in [0.4, 0.5) is 5.69 Å². The van der Waals surface area contributed by atoms with Crippen molar-refractivity contribution in [1.29, 1.82) is 0 Å². The molecule has 96 valence electrons. The van der Waals surface area contributed by atoms with Crippen LogP contribution in [0.3, 0.4) is 0 Å². The monoisotopic (exact) mass is 255 g/mol. The van der Waals surface area contributed by atoms with E-state index in [2.05, 4.69) is 16.3 Å². The first-order valence-electron chi connectivity index (χ1n) is 5.60. The molecule has 1 heterocycles. The van der Waals surface area contributed by atoms with Gasteiger partial charge >= 0.3 is 0 Å². The lowest BCUT2D eigenvalue weighted by Crippen LogP contribution is -2.13. The molecule has 0 unspecified atom stereocenters. The standard InChI is InChI=1S/C14H13N3O2/c1-4-10-6-5-7-11(8-10)15-14(18)12-9-13(19-3)17(2)16-12/h1,5-9H,2-3H3,(H,15,18). The molecule has 2 aromatic rings. The molecule has 0 atom stereocenters. The lowest BCUT2D eigenvalue weighted by molar-refractivity contribution is 0.102. The second kappa shape index (κ2) is 5.27. The Labute approximate surface area is 111 Å². The van der Waals surface area contributed by atoms with E-state index >= 15 is 0 Å². The number of aryl methyl sites for hydroxylation is 1. The van der Waals surface area contributed by atoms with Crippen LogP contribution in [0.15, 0.2) is 30.3 Å². The number of benzene rings is 1. The topological polar surface area (TPSA) is 56.1 Å². The number of anilines is 1. The summed E-state index contributed by atoms with van der Waals surface area (Å²) in [6, 6.07) is 8.63. The zero-order valence-corrected chi connectivity index (χ0v) is 10.7. The molecule has 0 bridgehead atoms. The van der Waals surface area contributed by atoms with Gasteiger partial charge in [0.15, 0.2) is 5.69 Å². The van der Waals surface area contributed by atoms with Crippen LogP contribution < -0.4 is 10.1 Å². The molecule has 0 aliphatic carbocycles. The number of aromatic nitrogens is 2. The van der Waals surface area contributed by atoms with Gasteiger partial charge < -0.3 is 10.1 Å². The van der Waals surface area contributed by atoms with E-state index in [9.17, 15) is 4.79 Å². The zero-order valence-electron chi connectivity index (χ0n) is 10.7. The fourth-order valence-electron chi connectivity index (χ4n) is 1.63. The van der Waals surface area contributed by atoms with Gasteiger partial charge in [0.05, 0.1) is 7.11 Å². The van der Waals surface area contributed by atoms with Crippen LogP contribution >= 0.6 is 0 Å². The van der Waals surface area contributed by atoms with Crippen molar-refractivity contribution >= 4 is 11.6 Å². The summed E-state index contributed by atoms with van der Waals surface area (Å²) >= 11 is 0. The van der Waals surface area contributed by atoms with Gasteiger partial charge in [-0.1, -0.05) is 12.0 Å². The number of nitrogens with zero attached hydrogens (tertiary/aromatic N) is 2. The lowest BCUT2D eigenvalue weighted by Gasteiger charge is -2.03. The molecule has 0 saturated carbocycles. The van der Waals surface area contributed by atoms with Gasteiger partial charge in [0.2, 0.25) is 5.88 Å². The molecule has 2 rings (SSSR count). The van der Waals surface area contributed by atoms with E-state index in [1.54, 1.807) is 37.4 Å². The number of hydrogen-bond acceptors (Lipinski definition) is 3. The third kappa shape index (κ3) is 2.75. The Bertz CT molecular complexity index is 653. The van der Waals surface area contributed by atoms with Crippen LogP contribution in [-0.4, -0.2) is 22.8 Å². The van der Waals surface area contributed by atoms with Gasteiger partial charge in [0, 0.05) is 24.4 Å². The molecular formula is C14H13N3O2. The molecule has 1 N–H and O–H groups in total. The van der Waals surface area contributed by atoms with E-state index in [-0.39, 0.29) is 11.6 Å². The quantitative estimate of drug-likeness (QED) is 0.849. The number of nitrogens with one attached hydrogen (secondary N) is 1. The highest BCUT2D eigenvalue weighted by Crippen LogP contribution is 2.14. The Kier molecular flexibility index (Phi) is 3.53. The maximum Gasteiger partial charge on any atom is 0.276 e. The second-order valence-electron chi connectivity index (χ2n) is 3.87. The summed E-state index contributed by atoms with van der Waals surface area (Å²) < 4.78 is 6.55. The molecule has 5 nitrogen and oxygen atoms in total. The van der Waals surface area contributed by atoms with E-state index in [1.807, 2.05) is 0 Å². The van der Waals surface area contributed by atoms with Crippen LogP contribution in [0.2, 0.25) is 0 Å². The first-order chi connectivity index (χ1) is 9.13. The average Bonchev–Trinajstić information content (AvgIpc) is 2.80. The normalized spacial score (nSPS) is 9.74. The summed E-state index contributed by atoms with van der Waals surface area (Å²) in [7, 11) is 3.23. The van der Waals surface area contributed by atoms with E-state index in [0.717, 1.165) is 0 Å². The van der Waals surface area contributed by atoms with Crippen LogP contribution in [0.1, 0.15) is 16.1 Å². The van der Waals surface area contributed by atoms with Crippen molar-refractivity contribution in [2.45, 2.75) is 0 Å². The van der Waals surface area contributed by atoms with E-state index in [0.29, 0.717) is 17.1 Å². The van der Waals surface area contributed by atoms with Gasteiger partial charge in [-0.2, -0.15) is 5.10 Å². The van der Waals surface area contributed by atoms with Gasteiger partial charge in [-0.25, -0.2) is 4.68 Å². The van der Waals surface area contributed by atoms with Crippen molar-refractivity contribution in [2.24, 2.45) is 7.05 Å². The fourth-order valence-corrected chi connectivity index (χ4v) is 1.63. The summed E-state index contributed by atoms with van der Waals surface area (Å²) in [5.74, 6) is 2.72. The van der Waals surface area contributed by atoms with Gasteiger partial charge in [-0.05, 0) is 18.2 Å². The number of methoxy groups -OCH3 is 1. The van der Waals surface area contributed by atoms with Crippen LogP contribution in [0.5, 0.6) is 5.88 Å². The molecule has 0 aliphatic heterocycles. The van der Waals surface area contributed by atoms with E-state index < -0.39 is 0 Å². The highest BCUT2D eigenvalue weighted by atomic mass is 16.5. The van der Waals surface area contributed by atoms with E-state index in [1.165, 1.54) is 11.8 Å². The average molecular weight is 255 g/mol. The van der Waals surface area contributed by atoms with Crippen molar-refractivity contribution in [3.63, 3.8) is 0 Å². The number of amides is 1. The van der Waals surface area contributed by atoms with Crippen LogP contribution in [-0.2, 0) is 7.05 Å². The molecular weight excluding hydrogens is 242 g/mol. The SMILES string of the molecule is C#Cc1cccc(NC(=O)c2cc(OC)n(C)n2)c1. The van der Waals surface area contributed by atoms with Crippen molar-refractivity contribution in [3.8, 4) is 18.2 Å². The number of carbonyl (C=O) groups excluding carboxylic acids is 1. The van der Waals surface area contributed by atoms with Crippen molar-refractivity contribution in [1.82, 2.24) is 9.78 Å². The summed E-state index contributed by atoms with van der Waals surface area (Å²) in [6.07, 6.45) is 5.31. The Morgan fingerprint density at radius 1 is 1.47 bits per heavy atom. The molecule has 5 heteroatoms. The summed E-state index contributed by atoms with van der Waals surface area (Å²) in [4.78, 5) is 12.0. The van der Waals surface area contributed by atoms with Gasteiger partial charge in [-0.15, -0.1) is 6.42 Å². The number of terminal acetylenes is 1. The van der Waals surface area contributed by atoms with Gasteiger partial charge in [0.25, 0.3) is 5.91 Å². The molecule has 0 fully saturated rings. The maximum absolute atomic E-state index is 12.0. The number of ether oxygens (including phenoxy) is 1. The van der Waals surface area contributed by atoms with Crippen LogP contribution in [0, 0.1) is 12.3 Å². The predicted octanol–water partition coefficient (Wildman–Crippen LogP) is 1.66. The Morgan fingerprint density at radius 3 is 2.89 bits per heavy atom. The van der Waals surface area contributed by atoms with Crippen molar-refractivity contribution in [3.05, 3.63) is 41.6 Å². The third-order valence-corrected chi connectivity index (χ3v) is 2.57. The summed E-state index contributed by atoms with van der Waals surface area (Å²) in [6.45, 7) is 0. The first-order valence-corrected chi connectivity index (χ1v) is 5.60. The Balaban J connectivity index is 2.18. The smallest absolute Gasteiger partial charge is 0.276 e. The lowest BCUT2D eigenvalue weighted by atomic mass is 10.2. The summed E-state index contributed by atoms with van der Waals surface area (Å²) in [5.41, 5.74) is 1.62. The molecule has 0 spiro atoms. The molecule has 0 radical (unpaired) electrons. The largest absolute Gasteiger partial charge is 0.481 e. The highest BCUT2D eigenvalue weighted by molar-refractivity contribution is 6.03. The molecule has 19 heavy (non-hydrogen) atoms. The molecule has 1 amide bonds. The third-order valence-electron chi connectivity index (χ3n) is 2.57. The number of rotatable bonds is 3.